The normalized spacial score (nSPS) is 12.0. The predicted molar refractivity (Wildman–Crippen MR) is 231 cm³/mol. The van der Waals surface area contributed by atoms with Crippen molar-refractivity contribution in [3.63, 3.8) is 0 Å². The molecule has 0 aliphatic heterocycles. The van der Waals surface area contributed by atoms with Gasteiger partial charge in [-0.3, -0.25) is 0 Å². The Morgan fingerprint density at radius 2 is 0.885 bits per heavy atom. The maximum Gasteiger partial charge on any atom is 0.324 e. The van der Waals surface area contributed by atoms with E-state index >= 15 is 0 Å². The molecule has 0 aliphatic carbocycles. The first-order chi connectivity index (χ1) is 24.9. The third kappa shape index (κ3) is 8.90. The van der Waals surface area contributed by atoms with Gasteiger partial charge in [-0.1, -0.05) is 0 Å². The third-order valence-corrected chi connectivity index (χ3v) is 13.5. The monoisotopic (exact) mass is 766 g/mol. The number of nitrogens with zero attached hydrogens (tertiary/aromatic N) is 8. The van der Waals surface area contributed by atoms with Crippen LogP contribution in [0.4, 0.5) is 11.4 Å². The zero-order chi connectivity index (χ0) is 37.1. The maximum absolute atomic E-state index is 5.00. The molecule has 0 unspecified atom stereocenters. The summed E-state index contributed by atoms with van der Waals surface area (Å²) in [6.07, 6.45) is 0. The number of thiazole rings is 2. The van der Waals surface area contributed by atoms with Crippen molar-refractivity contribution in [1.82, 2.24) is 29.6 Å². The van der Waals surface area contributed by atoms with E-state index in [1.165, 1.54) is 41.9 Å². The Bertz CT molecular complexity index is 2100. The number of rotatable bonds is 8. The molecule has 0 saturated heterocycles. The average Bonchev–Trinajstić information content (AvgIpc) is 3.71. The Labute approximate surface area is 323 Å². The van der Waals surface area contributed by atoms with E-state index in [2.05, 4.69) is 149 Å². The highest BCUT2D eigenvalue weighted by Crippen LogP contribution is 2.35. The fourth-order valence-electron chi connectivity index (χ4n) is 5.85. The van der Waals surface area contributed by atoms with Crippen LogP contribution in [0.5, 0.6) is 0 Å². The lowest BCUT2D eigenvalue weighted by atomic mass is 10.1. The first-order valence-electron chi connectivity index (χ1n) is 17.0. The summed E-state index contributed by atoms with van der Waals surface area (Å²) in [5.74, 6) is 1.80. The second kappa shape index (κ2) is 16.5. The van der Waals surface area contributed by atoms with E-state index in [1.54, 1.807) is 22.7 Å². The van der Waals surface area contributed by atoms with Gasteiger partial charge in [0, 0.05) is 22.3 Å². The van der Waals surface area contributed by atoms with E-state index in [0.717, 1.165) is 55.1 Å². The van der Waals surface area contributed by atoms with Gasteiger partial charge in [-0.2, -0.15) is 10.2 Å². The standard InChI is InChI=1S/C40H46N8S4/c1-25-19-35-33(21-29(25)23-49-39(45(3)4)46(5)6)41-37(51-35)27-11-15-31(16-12-27)43-44-32-17-13-28(14-18-32)38-42-34-22-30(26(2)20-36(34)52-38)24-50-40(47(7)8)48(9)10/h11-22H,23-24H2,1-10H3/q+2/b44-43+. The summed E-state index contributed by atoms with van der Waals surface area (Å²) in [6.45, 7) is 4.38. The summed E-state index contributed by atoms with van der Waals surface area (Å²) in [6, 6.07) is 25.4. The Hall–Kier alpha value is -3.72. The van der Waals surface area contributed by atoms with Gasteiger partial charge in [0.25, 0.3) is 0 Å². The molecule has 2 heterocycles. The zero-order valence-corrected chi connectivity index (χ0v) is 34.8. The van der Waals surface area contributed by atoms with Crippen molar-refractivity contribution in [3.8, 4) is 21.1 Å². The minimum absolute atomic E-state index is 0.800. The number of aromatic nitrogens is 2. The largest absolute Gasteiger partial charge is 0.324 e. The molecule has 0 bridgehead atoms. The molecule has 6 aromatic rings. The number of aryl methyl sites for hydroxylation is 2. The molecule has 2 aromatic heterocycles. The van der Waals surface area contributed by atoms with Crippen LogP contribution in [0.2, 0.25) is 0 Å². The molecule has 0 radical (unpaired) electrons. The van der Waals surface area contributed by atoms with Crippen molar-refractivity contribution in [1.29, 1.82) is 0 Å². The number of azo groups is 1. The first-order valence-corrected chi connectivity index (χ1v) is 20.6. The summed E-state index contributed by atoms with van der Waals surface area (Å²) in [5, 5.41) is 13.5. The lowest BCUT2D eigenvalue weighted by Crippen LogP contribution is -2.36. The average molecular weight is 767 g/mol. The molecule has 12 heteroatoms. The number of fused-ring (bicyclic) bond motifs is 2. The number of benzene rings is 4. The molecule has 4 aromatic carbocycles. The Morgan fingerprint density at radius 3 is 1.21 bits per heavy atom. The summed E-state index contributed by atoms with van der Waals surface area (Å²) in [7, 11) is 16.7. The van der Waals surface area contributed by atoms with Gasteiger partial charge in [-0.25, -0.2) is 29.6 Å². The lowest BCUT2D eigenvalue weighted by molar-refractivity contribution is 0.500. The summed E-state index contributed by atoms with van der Waals surface area (Å²) in [4.78, 5) is 18.6. The van der Waals surface area contributed by atoms with Gasteiger partial charge in [-0.15, -0.1) is 22.7 Å². The predicted octanol–water partition coefficient (Wildman–Crippen LogP) is 8.86. The minimum atomic E-state index is 0.800. The molecule has 0 amide bonds. The Balaban J connectivity index is 1.12. The van der Waals surface area contributed by atoms with Crippen LogP contribution in [0.15, 0.2) is 83.0 Å². The van der Waals surface area contributed by atoms with Crippen LogP contribution in [0.1, 0.15) is 22.3 Å². The maximum atomic E-state index is 5.00. The van der Waals surface area contributed by atoms with Crippen LogP contribution in [0.25, 0.3) is 41.6 Å². The molecule has 8 nitrogen and oxygen atoms in total. The van der Waals surface area contributed by atoms with Crippen molar-refractivity contribution >= 4 is 87.4 Å². The van der Waals surface area contributed by atoms with E-state index in [-0.39, 0.29) is 0 Å². The van der Waals surface area contributed by atoms with Crippen LogP contribution >= 0.6 is 22.7 Å². The summed E-state index contributed by atoms with van der Waals surface area (Å²) in [5.41, 5.74) is 11.1. The van der Waals surface area contributed by atoms with Gasteiger partial charge < -0.3 is 0 Å². The van der Waals surface area contributed by atoms with E-state index in [1.807, 2.05) is 47.0 Å². The summed E-state index contributed by atoms with van der Waals surface area (Å²) >= 11 is 7.14. The quantitative estimate of drug-likeness (QED) is 0.0877. The lowest BCUT2D eigenvalue weighted by Gasteiger charge is -2.11. The second-order valence-electron chi connectivity index (χ2n) is 13.5. The van der Waals surface area contributed by atoms with Gasteiger partial charge in [0.1, 0.15) is 10.0 Å². The number of hydrogen-bond donors (Lipinski definition) is 0. The fourth-order valence-corrected chi connectivity index (χ4v) is 10.2. The molecule has 52 heavy (non-hydrogen) atoms. The first kappa shape index (κ1) is 38.0. The van der Waals surface area contributed by atoms with Gasteiger partial charge in [0.05, 0.1) is 31.8 Å². The Kier molecular flexibility index (Phi) is 12.1. The topological polar surface area (TPSA) is 63.5 Å². The van der Waals surface area contributed by atoms with Crippen molar-refractivity contribution in [2.75, 3.05) is 56.4 Å². The van der Waals surface area contributed by atoms with Crippen LogP contribution in [0, 0.1) is 13.8 Å². The molecule has 0 saturated carbocycles. The fraction of sp³-hybridized carbons (Fsp3) is 0.300. The van der Waals surface area contributed by atoms with Gasteiger partial charge >= 0.3 is 10.2 Å². The molecule has 0 fully saturated rings. The van der Waals surface area contributed by atoms with Crippen molar-refractivity contribution < 1.29 is 0 Å². The van der Waals surface area contributed by atoms with Crippen molar-refractivity contribution in [2.45, 2.75) is 25.4 Å². The smallest absolute Gasteiger partial charge is 0.236 e. The molecule has 0 atom stereocenters. The van der Waals surface area contributed by atoms with Gasteiger partial charge in [0.15, 0.2) is 0 Å². The van der Waals surface area contributed by atoms with Crippen molar-refractivity contribution in [2.24, 2.45) is 10.2 Å². The second-order valence-corrected chi connectivity index (χ2v) is 17.5. The van der Waals surface area contributed by atoms with E-state index < -0.39 is 0 Å². The highest BCUT2D eigenvalue weighted by molar-refractivity contribution is 7.78. The van der Waals surface area contributed by atoms with Crippen LogP contribution in [-0.2, 0) is 34.2 Å². The minimum Gasteiger partial charge on any atom is -0.236 e. The number of hydrogen-bond acceptors (Lipinski definition) is 6. The molecule has 268 valence electrons. The Morgan fingerprint density at radius 1 is 0.538 bits per heavy atom. The zero-order valence-electron chi connectivity index (χ0n) is 31.6. The van der Waals surface area contributed by atoms with Crippen LogP contribution < -0.4 is 0 Å². The highest BCUT2D eigenvalue weighted by atomic mass is 32.1. The molecule has 0 N–H and O–H groups in total. The molecular weight excluding hydrogens is 721 g/mol. The molecular formula is C40H46N8S4+2. The molecule has 0 aliphatic rings. The highest BCUT2D eigenvalue weighted by Gasteiger charge is 2.20. The van der Waals surface area contributed by atoms with Gasteiger partial charge in [-0.05, 0) is 154 Å². The summed E-state index contributed by atoms with van der Waals surface area (Å²) < 4.78 is 2.41. The third-order valence-electron chi connectivity index (χ3n) is 8.45. The van der Waals surface area contributed by atoms with E-state index in [0.29, 0.717) is 0 Å². The van der Waals surface area contributed by atoms with E-state index in [4.69, 9.17) is 9.97 Å². The van der Waals surface area contributed by atoms with Crippen LogP contribution in [-0.4, -0.2) is 96.2 Å². The van der Waals surface area contributed by atoms with Crippen molar-refractivity contribution in [3.05, 3.63) is 95.1 Å². The van der Waals surface area contributed by atoms with Gasteiger partial charge in [0.2, 0.25) is 34.2 Å². The van der Waals surface area contributed by atoms with E-state index in [9.17, 15) is 0 Å². The molecule has 0 spiro atoms. The SMILES string of the molecule is Cc1cc2sc(-c3ccc(/N=N/c4ccc(-c5nc6cc(C[S+]=C(N(C)C)N(C)C)c(C)cc6s5)cc4)cc3)nc2cc1C[S+]=C(N(C)C)N(C)C. The van der Waals surface area contributed by atoms with Crippen LogP contribution in [0.3, 0.4) is 0 Å². The molecule has 6 rings (SSSR count).